The van der Waals surface area contributed by atoms with Crippen molar-refractivity contribution in [2.75, 3.05) is 13.2 Å². The molecule has 0 atom stereocenters. The van der Waals surface area contributed by atoms with Gasteiger partial charge in [-0.15, -0.1) is 4.74 Å². The smallest absolute Gasteiger partial charge is 0.440 e. The van der Waals surface area contributed by atoms with E-state index < -0.39 is 23.1 Å². The van der Waals surface area contributed by atoms with Crippen LogP contribution in [0.1, 0.15) is 43.9 Å². The van der Waals surface area contributed by atoms with Crippen molar-refractivity contribution in [3.8, 4) is 22.6 Å². The van der Waals surface area contributed by atoms with E-state index >= 15 is 0 Å². The predicted octanol–water partition coefficient (Wildman–Crippen LogP) is 5.03. The maximum absolute atomic E-state index is 11.7. The van der Waals surface area contributed by atoms with Gasteiger partial charge in [-0.05, 0) is 92.3 Å². The molecule has 0 radical (unpaired) electrons. The van der Waals surface area contributed by atoms with Gasteiger partial charge in [0.2, 0.25) is 0 Å². The van der Waals surface area contributed by atoms with Crippen molar-refractivity contribution in [2.45, 2.75) is 52.9 Å². The van der Waals surface area contributed by atoms with Crippen molar-refractivity contribution >= 4 is 6.09 Å². The first kappa shape index (κ1) is 29.3. The second-order valence-corrected chi connectivity index (χ2v) is 10.6. The fraction of sp³-hybridized carbons (Fsp3) is 0.323. The van der Waals surface area contributed by atoms with Crippen molar-refractivity contribution < 1.29 is 23.5 Å². The minimum Gasteiger partial charge on any atom is -0.494 e. The van der Waals surface area contributed by atoms with Gasteiger partial charge < -0.3 is 24.1 Å². The molecule has 0 aliphatic heterocycles. The highest BCUT2D eigenvalue weighted by molar-refractivity contribution is 5.69. The van der Waals surface area contributed by atoms with Crippen LogP contribution in [-0.2, 0) is 17.9 Å². The SMILES string of the molecule is Cc1cc(OCCCNC(=O)OC(C)(C)C)ccc1-c1cccc(COc2ccc(Cn3oc(=O)[nH]c3=O)cc2)c1. The standard InChI is InChI=1S/C31H35N3O7/c1-21-17-26(38-16-6-15-32-29(36)40-31(2,3)4)13-14-27(21)24-8-5-7-23(18-24)20-39-25-11-9-22(10-12-25)19-34-28(35)33-30(37)41-34/h5,7-14,17-18H,6,15-16,19-20H2,1-4H3,(H,32,36)(H,33,35,37). The Morgan fingerprint density at radius 1 is 0.951 bits per heavy atom. The van der Waals surface area contributed by atoms with Gasteiger partial charge >= 0.3 is 17.5 Å². The van der Waals surface area contributed by atoms with Gasteiger partial charge in [-0.1, -0.05) is 36.4 Å². The summed E-state index contributed by atoms with van der Waals surface area (Å²) in [6, 6.07) is 21.4. The summed E-state index contributed by atoms with van der Waals surface area (Å²) in [4.78, 5) is 36.5. The van der Waals surface area contributed by atoms with Gasteiger partial charge in [0.1, 0.15) is 23.7 Å². The Morgan fingerprint density at radius 3 is 2.39 bits per heavy atom. The largest absolute Gasteiger partial charge is 0.494 e. The van der Waals surface area contributed by atoms with Crippen LogP contribution in [0.5, 0.6) is 11.5 Å². The molecular weight excluding hydrogens is 526 g/mol. The van der Waals surface area contributed by atoms with Crippen molar-refractivity contribution in [3.05, 3.63) is 104 Å². The van der Waals surface area contributed by atoms with E-state index in [1.165, 1.54) is 0 Å². The highest BCUT2D eigenvalue weighted by Gasteiger charge is 2.15. The number of aromatic nitrogens is 2. The zero-order valence-electron chi connectivity index (χ0n) is 23.7. The number of amides is 1. The zero-order chi connectivity index (χ0) is 29.4. The fourth-order valence-corrected chi connectivity index (χ4v) is 4.09. The molecule has 0 aliphatic carbocycles. The lowest BCUT2D eigenvalue weighted by Gasteiger charge is -2.19. The highest BCUT2D eigenvalue weighted by Crippen LogP contribution is 2.28. The highest BCUT2D eigenvalue weighted by atomic mass is 16.6. The van der Waals surface area contributed by atoms with Crippen LogP contribution in [0, 0.1) is 6.92 Å². The van der Waals surface area contributed by atoms with Crippen LogP contribution in [0.2, 0.25) is 0 Å². The van der Waals surface area contributed by atoms with Gasteiger partial charge in [-0.25, -0.2) is 19.4 Å². The normalized spacial score (nSPS) is 11.2. The molecule has 4 rings (SSSR count). The van der Waals surface area contributed by atoms with Crippen LogP contribution in [-0.4, -0.2) is 34.6 Å². The molecule has 41 heavy (non-hydrogen) atoms. The van der Waals surface area contributed by atoms with Crippen LogP contribution >= 0.6 is 0 Å². The summed E-state index contributed by atoms with van der Waals surface area (Å²) in [5.41, 5.74) is 3.97. The quantitative estimate of drug-likeness (QED) is 0.246. The number of aryl methyl sites for hydroxylation is 1. The van der Waals surface area contributed by atoms with Gasteiger partial charge in [0.05, 0.1) is 13.2 Å². The summed E-state index contributed by atoms with van der Waals surface area (Å²) in [5.74, 6) is 0.675. The number of alkyl carbamates (subject to hydrolysis) is 1. The molecule has 0 aliphatic rings. The van der Waals surface area contributed by atoms with E-state index in [4.69, 9.17) is 18.7 Å². The van der Waals surface area contributed by atoms with E-state index in [9.17, 15) is 14.4 Å². The number of ether oxygens (including phenoxy) is 3. The summed E-state index contributed by atoms with van der Waals surface area (Å²) >= 11 is 0. The molecule has 4 aromatic rings. The molecule has 1 aromatic heterocycles. The number of carbonyl (C=O) groups is 1. The summed E-state index contributed by atoms with van der Waals surface area (Å²) in [7, 11) is 0. The molecule has 0 saturated heterocycles. The minimum absolute atomic E-state index is 0.147. The molecule has 0 unspecified atom stereocenters. The molecule has 0 bridgehead atoms. The molecule has 1 amide bonds. The summed E-state index contributed by atoms with van der Waals surface area (Å²) in [6.45, 7) is 9.01. The number of carbonyl (C=O) groups excluding carboxylic acids is 1. The Kier molecular flexibility index (Phi) is 9.34. The van der Waals surface area contributed by atoms with E-state index in [1.807, 2.05) is 82.3 Å². The summed E-state index contributed by atoms with van der Waals surface area (Å²) in [5, 5.41) is 2.73. The van der Waals surface area contributed by atoms with E-state index in [-0.39, 0.29) is 6.54 Å². The first-order chi connectivity index (χ1) is 19.6. The summed E-state index contributed by atoms with van der Waals surface area (Å²) < 4.78 is 22.8. The first-order valence-corrected chi connectivity index (χ1v) is 13.4. The third-order valence-corrected chi connectivity index (χ3v) is 5.98. The molecule has 0 saturated carbocycles. The van der Waals surface area contributed by atoms with Crippen LogP contribution < -0.4 is 26.2 Å². The Morgan fingerprint density at radius 2 is 1.71 bits per heavy atom. The third kappa shape index (κ3) is 8.89. The van der Waals surface area contributed by atoms with Crippen LogP contribution in [0.4, 0.5) is 4.79 Å². The molecule has 10 heteroatoms. The average molecular weight is 562 g/mol. The lowest BCUT2D eigenvalue weighted by Crippen LogP contribution is -2.33. The number of aromatic amines is 1. The zero-order valence-corrected chi connectivity index (χ0v) is 23.7. The van der Waals surface area contributed by atoms with Crippen LogP contribution in [0.15, 0.2) is 80.8 Å². The Bertz CT molecular complexity index is 1580. The average Bonchev–Trinajstić information content (AvgIpc) is 3.23. The van der Waals surface area contributed by atoms with Gasteiger partial charge in [-0.3, -0.25) is 0 Å². The minimum atomic E-state index is -0.779. The lowest BCUT2D eigenvalue weighted by atomic mass is 9.99. The number of H-pyrrole nitrogens is 1. The summed E-state index contributed by atoms with van der Waals surface area (Å²) in [6.07, 6.45) is 0.235. The lowest BCUT2D eigenvalue weighted by molar-refractivity contribution is 0.0525. The Balaban J connectivity index is 1.27. The fourth-order valence-electron chi connectivity index (χ4n) is 4.09. The maximum atomic E-state index is 11.7. The van der Waals surface area contributed by atoms with Gasteiger partial charge in [0.25, 0.3) is 0 Å². The van der Waals surface area contributed by atoms with E-state index in [0.29, 0.717) is 31.9 Å². The van der Waals surface area contributed by atoms with E-state index in [2.05, 4.69) is 22.4 Å². The molecule has 2 N–H and O–H groups in total. The second-order valence-electron chi connectivity index (χ2n) is 10.6. The molecular formula is C31H35N3O7. The van der Waals surface area contributed by atoms with Crippen LogP contribution in [0.3, 0.4) is 0 Å². The number of hydrogen-bond acceptors (Lipinski definition) is 7. The van der Waals surface area contributed by atoms with Crippen molar-refractivity contribution in [2.24, 2.45) is 0 Å². The number of rotatable bonds is 11. The monoisotopic (exact) mass is 561 g/mol. The van der Waals surface area contributed by atoms with E-state index in [1.54, 1.807) is 0 Å². The van der Waals surface area contributed by atoms with Gasteiger partial charge in [-0.2, -0.15) is 0 Å². The van der Waals surface area contributed by atoms with Crippen molar-refractivity contribution in [3.63, 3.8) is 0 Å². The number of nitrogens with one attached hydrogen (secondary N) is 2. The Hall–Kier alpha value is -4.73. The number of benzene rings is 3. The molecule has 1 heterocycles. The molecule has 3 aromatic carbocycles. The molecule has 10 nitrogen and oxygen atoms in total. The first-order valence-electron chi connectivity index (χ1n) is 13.4. The second kappa shape index (κ2) is 13.1. The van der Waals surface area contributed by atoms with Gasteiger partial charge in [0, 0.05) is 6.54 Å². The maximum Gasteiger partial charge on any atom is 0.440 e. The van der Waals surface area contributed by atoms with Crippen molar-refractivity contribution in [1.29, 1.82) is 0 Å². The molecule has 216 valence electrons. The number of hydrogen-bond donors (Lipinski definition) is 2. The van der Waals surface area contributed by atoms with Crippen molar-refractivity contribution in [1.82, 2.24) is 15.0 Å². The van der Waals surface area contributed by atoms with E-state index in [0.717, 1.165) is 38.3 Å². The number of nitrogens with zero attached hydrogens (tertiary/aromatic N) is 1. The van der Waals surface area contributed by atoms with Crippen LogP contribution in [0.25, 0.3) is 11.1 Å². The third-order valence-electron chi connectivity index (χ3n) is 5.98. The predicted molar refractivity (Wildman–Crippen MR) is 154 cm³/mol. The topological polar surface area (TPSA) is 125 Å². The molecule has 0 fully saturated rings. The van der Waals surface area contributed by atoms with Gasteiger partial charge in [0.15, 0.2) is 0 Å². The molecule has 0 spiro atoms. The Labute approximate surface area is 237 Å².